The first-order chi connectivity index (χ1) is 23.2. The molecule has 2 aromatic rings. The van der Waals surface area contributed by atoms with Gasteiger partial charge in [-0.3, -0.25) is 0 Å². The molecule has 2 aromatic carbocycles. The molecule has 0 fully saturated rings. The summed E-state index contributed by atoms with van der Waals surface area (Å²) in [6.45, 7) is 46.5. The van der Waals surface area contributed by atoms with E-state index < -0.39 is 72.3 Å². The number of nitrogens with zero attached hydrogens (tertiary/aromatic N) is 2. The number of hydrogen-bond donors (Lipinski definition) is 0. The Morgan fingerprint density at radius 2 is 0.635 bits per heavy atom. The molecule has 0 aromatic heterocycles. The largest absolute Gasteiger partial charge is 0.457 e. The number of rotatable bonds is 15. The summed E-state index contributed by atoms with van der Waals surface area (Å²) in [7, 11) is -11.5. The van der Waals surface area contributed by atoms with Crippen molar-refractivity contribution in [2.45, 2.75) is 156 Å². The van der Waals surface area contributed by atoms with Gasteiger partial charge in [-0.2, -0.15) is 10.2 Å². The van der Waals surface area contributed by atoms with Crippen molar-refractivity contribution in [1.29, 1.82) is 0 Å². The van der Waals surface area contributed by atoms with Gasteiger partial charge in [0.25, 0.3) is 0 Å². The topological polar surface area (TPSA) is 61.6 Å². The lowest BCUT2D eigenvalue weighted by molar-refractivity contribution is 0.547. The van der Waals surface area contributed by atoms with Crippen molar-refractivity contribution in [3.05, 3.63) is 47.5 Å². The van der Waals surface area contributed by atoms with Gasteiger partial charge in [-0.25, -0.2) is 0 Å². The quantitative estimate of drug-likeness (QED) is 0.124. The summed E-state index contributed by atoms with van der Waals surface area (Å²) in [5.74, 6) is 0. The summed E-state index contributed by atoms with van der Waals surface area (Å²) in [4.78, 5) is 0. The van der Waals surface area contributed by atoms with Crippen LogP contribution in [0.4, 0.5) is 0 Å². The molecule has 0 spiro atoms. The van der Waals surface area contributed by atoms with Crippen LogP contribution in [0.1, 0.15) is 94.2 Å². The van der Waals surface area contributed by atoms with E-state index in [1.54, 1.807) is 0 Å². The van der Waals surface area contributed by atoms with Crippen LogP contribution >= 0.6 is 0 Å². The molecule has 0 radical (unpaired) electrons. The summed E-state index contributed by atoms with van der Waals surface area (Å²) < 4.78 is 27.6. The minimum atomic E-state index is -2.21. The fraction of sp³-hybridized carbons (Fsp3) is 0.632. The van der Waals surface area contributed by atoms with Crippen LogP contribution in [0.3, 0.4) is 0 Å². The van der Waals surface area contributed by atoms with Gasteiger partial charge < -0.3 is 16.5 Å². The van der Waals surface area contributed by atoms with E-state index in [1.165, 1.54) is 20.7 Å². The fourth-order valence-corrected chi connectivity index (χ4v) is 29.1. The maximum Gasteiger partial charge on any atom is 0.205 e. The molecular weight excluding hydrogens is 773 g/mol. The molecule has 0 aliphatic heterocycles. The molecule has 294 valence electrons. The SMILES string of the molecule is CC(C)(C)[SiH2]O[Si](C)(C)c1ccc(C=NN=Cc2ccc([Si](C)(C)O[SiH2]C(C)(C)C)c([Si](C)(C)O[SiH2]C(C)(C)C)c2)cc1[Si](C)(C)O[SiH2]C(C)(C)C. The van der Waals surface area contributed by atoms with Crippen LogP contribution in [0, 0.1) is 0 Å². The average molecular weight is 850 g/mol. The molecular formula is C38H76N2O4Si8. The normalized spacial score (nSPS) is 15.5. The maximum absolute atomic E-state index is 6.91. The Balaban J connectivity index is 2.53. The van der Waals surface area contributed by atoms with Crippen molar-refractivity contribution in [3.63, 3.8) is 0 Å². The molecule has 0 unspecified atom stereocenters. The molecule has 0 heterocycles. The summed E-state index contributed by atoms with van der Waals surface area (Å²) in [6, 6.07) is 13.6. The van der Waals surface area contributed by atoms with E-state index in [-0.39, 0.29) is 20.2 Å². The van der Waals surface area contributed by atoms with Gasteiger partial charge in [-0.05, 0) is 104 Å². The summed E-state index contributed by atoms with van der Waals surface area (Å²) in [5.41, 5.74) is 2.10. The van der Waals surface area contributed by atoms with Crippen molar-refractivity contribution < 1.29 is 16.5 Å². The van der Waals surface area contributed by atoms with Crippen LogP contribution in [0.25, 0.3) is 0 Å². The van der Waals surface area contributed by atoms with Crippen LogP contribution in [0.15, 0.2) is 46.6 Å². The molecule has 2 rings (SSSR count). The van der Waals surface area contributed by atoms with E-state index in [4.69, 9.17) is 16.5 Å². The number of hydrogen-bond acceptors (Lipinski definition) is 6. The molecule has 6 nitrogen and oxygen atoms in total. The van der Waals surface area contributed by atoms with Crippen LogP contribution in [0.5, 0.6) is 0 Å². The predicted molar refractivity (Wildman–Crippen MR) is 254 cm³/mol. The first kappa shape index (κ1) is 47.5. The zero-order valence-electron chi connectivity index (χ0n) is 37.0. The van der Waals surface area contributed by atoms with Gasteiger partial charge in [-0.15, -0.1) is 0 Å². The van der Waals surface area contributed by atoms with Crippen molar-refractivity contribution >= 4 is 105 Å². The summed E-state index contributed by atoms with van der Waals surface area (Å²) >= 11 is 0. The highest BCUT2D eigenvalue weighted by atomic mass is 28.4. The Bertz CT molecular complexity index is 1430. The third-order valence-corrected chi connectivity index (χ3v) is 33.3. The zero-order valence-corrected chi connectivity index (χ0v) is 46.6. The van der Waals surface area contributed by atoms with Crippen molar-refractivity contribution in [2.75, 3.05) is 0 Å². The second-order valence-electron chi connectivity index (χ2n) is 21.5. The Labute approximate surface area is 333 Å². The predicted octanol–water partition coefficient (Wildman–Crippen LogP) is 6.06. The van der Waals surface area contributed by atoms with Gasteiger partial charge >= 0.3 is 0 Å². The van der Waals surface area contributed by atoms with E-state index >= 15 is 0 Å². The molecule has 0 aliphatic rings. The van der Waals surface area contributed by atoms with E-state index in [0.717, 1.165) is 11.1 Å². The first-order valence-corrected chi connectivity index (χ1v) is 35.9. The zero-order chi connectivity index (χ0) is 40.2. The third kappa shape index (κ3) is 16.2. The lowest BCUT2D eigenvalue weighted by Crippen LogP contribution is -2.62. The standard InChI is InChI=1S/C38H76N2O4Si8/c1-35(2,3)45-41-49(13,14)31-23-21-29(25-33(31)51(17,18)43-47-37(7,8)9)27-39-40-28-30-22-24-32(50(15,16)42-46-36(4,5)6)34(26-30)52(19,20)44-48-38(10,11)12/h21-28H,45-48H2,1-20H3. The summed E-state index contributed by atoms with van der Waals surface area (Å²) in [6.07, 6.45) is 3.78. The average Bonchev–Trinajstić information content (AvgIpc) is 2.98. The van der Waals surface area contributed by atoms with Gasteiger partial charge in [0.1, 0.15) is 0 Å². The molecule has 0 N–H and O–H groups in total. The molecule has 0 aliphatic carbocycles. The highest BCUT2D eigenvalue weighted by Gasteiger charge is 2.38. The van der Waals surface area contributed by atoms with E-state index in [0.29, 0.717) is 0 Å². The fourth-order valence-electron chi connectivity index (χ4n) is 5.43. The van der Waals surface area contributed by atoms with Gasteiger partial charge in [0.2, 0.25) is 33.3 Å². The van der Waals surface area contributed by atoms with Gasteiger partial charge in [0, 0.05) is 0 Å². The smallest absolute Gasteiger partial charge is 0.205 e. The molecule has 0 saturated heterocycles. The second-order valence-corrected chi connectivity index (χ2v) is 50.0. The Kier molecular flexibility index (Phi) is 16.1. The van der Waals surface area contributed by atoms with Gasteiger partial charge in [-0.1, -0.05) is 119 Å². The van der Waals surface area contributed by atoms with Crippen LogP contribution < -0.4 is 20.7 Å². The van der Waals surface area contributed by atoms with Gasteiger partial charge in [0.15, 0.2) is 39.1 Å². The van der Waals surface area contributed by atoms with Crippen LogP contribution in [0.2, 0.25) is 72.5 Å². The van der Waals surface area contributed by atoms with Gasteiger partial charge in [0.05, 0.1) is 12.4 Å². The van der Waals surface area contributed by atoms with E-state index in [1.807, 2.05) is 12.4 Å². The molecule has 0 amide bonds. The maximum atomic E-state index is 6.91. The molecule has 0 atom stereocenters. The molecule has 0 saturated carbocycles. The van der Waals surface area contributed by atoms with Crippen molar-refractivity contribution in [2.24, 2.45) is 10.2 Å². The summed E-state index contributed by atoms with van der Waals surface area (Å²) in [5, 5.41) is 15.6. The number of benzene rings is 2. The Hall–Kier alpha value is -0.645. The van der Waals surface area contributed by atoms with E-state index in [2.05, 4.69) is 182 Å². The Morgan fingerprint density at radius 3 is 0.865 bits per heavy atom. The minimum absolute atomic E-state index is 0.232. The molecule has 14 heteroatoms. The monoisotopic (exact) mass is 848 g/mol. The Morgan fingerprint density at radius 1 is 0.404 bits per heavy atom. The lowest BCUT2D eigenvalue weighted by atomic mass is 10.2. The first-order valence-electron chi connectivity index (χ1n) is 19.2. The second kappa shape index (κ2) is 17.7. The lowest BCUT2D eigenvalue weighted by Gasteiger charge is -2.35. The highest BCUT2D eigenvalue weighted by Crippen LogP contribution is 2.26. The molecule has 52 heavy (non-hydrogen) atoms. The van der Waals surface area contributed by atoms with Crippen molar-refractivity contribution in [1.82, 2.24) is 0 Å². The van der Waals surface area contributed by atoms with Crippen molar-refractivity contribution in [3.8, 4) is 0 Å². The third-order valence-electron chi connectivity index (χ3n) is 8.63. The van der Waals surface area contributed by atoms with E-state index in [9.17, 15) is 0 Å². The minimum Gasteiger partial charge on any atom is -0.457 e. The van der Waals surface area contributed by atoms with Crippen LogP contribution in [-0.2, 0) is 16.5 Å². The molecule has 0 bridgehead atoms. The highest BCUT2D eigenvalue weighted by molar-refractivity contribution is 6.97. The van der Waals surface area contributed by atoms with Crippen LogP contribution in [-0.4, -0.2) is 84.8 Å².